The number of allylic oxidation sites excluding steroid dienone is 1. The van der Waals surface area contributed by atoms with Crippen LogP contribution in [0, 0.1) is 0 Å². The van der Waals surface area contributed by atoms with Crippen molar-refractivity contribution in [3.8, 4) is 11.5 Å². The van der Waals surface area contributed by atoms with Crippen LogP contribution in [0.15, 0.2) is 84.9 Å². The zero-order valence-corrected chi connectivity index (χ0v) is 15.3. The molecule has 3 rings (SSSR count). The van der Waals surface area contributed by atoms with Gasteiger partial charge in [0.1, 0.15) is 11.5 Å². The van der Waals surface area contributed by atoms with Crippen LogP contribution in [-0.2, 0) is 11.2 Å². The standard InChI is InChI=1S/C24H22O3/c1-26-24(25)21-17-15-19(16-18-21)9-5-6-10-20-11-7-8-14-23(20)27-22-12-3-2-4-13-22/h2-5,7-9,11-18H,6,10H2,1H3. The summed E-state index contributed by atoms with van der Waals surface area (Å²) >= 11 is 0. The lowest BCUT2D eigenvalue weighted by Gasteiger charge is -2.10. The van der Waals surface area contributed by atoms with Crippen molar-refractivity contribution in [3.63, 3.8) is 0 Å². The van der Waals surface area contributed by atoms with Gasteiger partial charge in [0.05, 0.1) is 12.7 Å². The average Bonchev–Trinajstić information content (AvgIpc) is 2.73. The van der Waals surface area contributed by atoms with E-state index in [2.05, 4.69) is 18.2 Å². The minimum Gasteiger partial charge on any atom is -0.465 e. The maximum atomic E-state index is 11.5. The van der Waals surface area contributed by atoms with Gasteiger partial charge < -0.3 is 9.47 Å². The van der Waals surface area contributed by atoms with Crippen LogP contribution in [0.2, 0.25) is 0 Å². The Labute approximate surface area is 159 Å². The first-order valence-corrected chi connectivity index (χ1v) is 8.92. The van der Waals surface area contributed by atoms with E-state index in [4.69, 9.17) is 9.47 Å². The highest BCUT2D eigenvalue weighted by Gasteiger charge is 2.04. The van der Waals surface area contributed by atoms with Gasteiger partial charge in [-0.2, -0.15) is 0 Å². The number of carbonyl (C=O) groups excluding carboxylic acids is 1. The summed E-state index contributed by atoms with van der Waals surface area (Å²) in [7, 11) is 1.38. The van der Waals surface area contributed by atoms with Crippen molar-refractivity contribution in [1.82, 2.24) is 0 Å². The number of aryl methyl sites for hydroxylation is 1. The van der Waals surface area contributed by atoms with Crippen molar-refractivity contribution in [2.75, 3.05) is 7.11 Å². The molecule has 0 atom stereocenters. The van der Waals surface area contributed by atoms with Gasteiger partial charge in [-0.25, -0.2) is 4.79 Å². The summed E-state index contributed by atoms with van der Waals surface area (Å²) in [5, 5.41) is 0. The predicted octanol–water partition coefficient (Wildman–Crippen LogP) is 5.91. The summed E-state index contributed by atoms with van der Waals surface area (Å²) in [6.45, 7) is 0. The van der Waals surface area contributed by atoms with Crippen LogP contribution in [0.5, 0.6) is 11.5 Å². The van der Waals surface area contributed by atoms with E-state index < -0.39 is 0 Å². The van der Waals surface area contributed by atoms with Gasteiger partial charge >= 0.3 is 5.97 Å². The molecule has 0 unspecified atom stereocenters. The van der Waals surface area contributed by atoms with Crippen LogP contribution in [0.1, 0.15) is 27.9 Å². The quantitative estimate of drug-likeness (QED) is 0.492. The van der Waals surface area contributed by atoms with Crippen LogP contribution in [-0.4, -0.2) is 13.1 Å². The molecule has 0 aliphatic rings. The molecule has 3 nitrogen and oxygen atoms in total. The summed E-state index contributed by atoms with van der Waals surface area (Å²) in [4.78, 5) is 11.5. The lowest BCUT2D eigenvalue weighted by atomic mass is 10.1. The number of para-hydroxylation sites is 2. The van der Waals surface area contributed by atoms with Crippen molar-refractivity contribution in [3.05, 3.63) is 102 Å². The topological polar surface area (TPSA) is 35.5 Å². The second kappa shape index (κ2) is 9.39. The fraction of sp³-hybridized carbons (Fsp3) is 0.125. The number of benzene rings is 3. The minimum atomic E-state index is -0.319. The first kappa shape index (κ1) is 18.5. The summed E-state index contributed by atoms with van der Waals surface area (Å²) in [6.07, 6.45) is 5.97. The smallest absolute Gasteiger partial charge is 0.337 e. The SMILES string of the molecule is COC(=O)c1ccc(C=CCCc2ccccc2Oc2ccccc2)cc1. The summed E-state index contributed by atoms with van der Waals surface area (Å²) < 4.78 is 10.7. The fourth-order valence-corrected chi connectivity index (χ4v) is 2.73. The number of rotatable bonds is 7. The lowest BCUT2D eigenvalue weighted by Crippen LogP contribution is -2.00. The third-order valence-corrected chi connectivity index (χ3v) is 4.17. The normalized spacial score (nSPS) is 10.7. The third kappa shape index (κ3) is 5.32. The molecule has 3 aromatic carbocycles. The Hall–Kier alpha value is -3.33. The molecule has 0 aromatic heterocycles. The third-order valence-electron chi connectivity index (χ3n) is 4.17. The van der Waals surface area contributed by atoms with Gasteiger partial charge in [-0.3, -0.25) is 0 Å². The first-order valence-electron chi connectivity index (χ1n) is 8.92. The van der Waals surface area contributed by atoms with E-state index in [0.29, 0.717) is 5.56 Å². The van der Waals surface area contributed by atoms with Crippen molar-refractivity contribution in [2.45, 2.75) is 12.8 Å². The second-order valence-electron chi connectivity index (χ2n) is 6.08. The van der Waals surface area contributed by atoms with Crippen LogP contribution in [0.3, 0.4) is 0 Å². The monoisotopic (exact) mass is 358 g/mol. The van der Waals surface area contributed by atoms with Crippen molar-refractivity contribution >= 4 is 12.0 Å². The fourth-order valence-electron chi connectivity index (χ4n) is 2.73. The Morgan fingerprint density at radius 3 is 2.33 bits per heavy atom. The van der Waals surface area contributed by atoms with Crippen LogP contribution in [0.4, 0.5) is 0 Å². The molecule has 0 aliphatic heterocycles. The minimum absolute atomic E-state index is 0.319. The van der Waals surface area contributed by atoms with Crippen LogP contribution >= 0.6 is 0 Å². The molecule has 0 N–H and O–H groups in total. The zero-order valence-electron chi connectivity index (χ0n) is 15.3. The Kier molecular flexibility index (Phi) is 6.42. The largest absolute Gasteiger partial charge is 0.465 e. The molecule has 0 fully saturated rings. The number of esters is 1. The Morgan fingerprint density at radius 2 is 1.59 bits per heavy atom. The molecule has 0 spiro atoms. The molecule has 136 valence electrons. The number of hydrogen-bond donors (Lipinski definition) is 0. The summed E-state index contributed by atoms with van der Waals surface area (Å²) in [5.41, 5.74) is 2.78. The van der Waals surface area contributed by atoms with Gasteiger partial charge in [0, 0.05) is 0 Å². The number of ether oxygens (including phenoxy) is 2. The van der Waals surface area contributed by atoms with E-state index in [1.807, 2.05) is 60.7 Å². The molecule has 0 bridgehead atoms. The Bertz CT molecular complexity index is 896. The molecule has 0 heterocycles. The maximum Gasteiger partial charge on any atom is 0.337 e. The number of methoxy groups -OCH3 is 1. The molecular formula is C24H22O3. The van der Waals surface area contributed by atoms with E-state index in [1.54, 1.807) is 12.1 Å². The van der Waals surface area contributed by atoms with Gasteiger partial charge in [0.2, 0.25) is 0 Å². The van der Waals surface area contributed by atoms with E-state index >= 15 is 0 Å². The summed E-state index contributed by atoms with van der Waals surface area (Å²) in [6, 6.07) is 25.3. The molecule has 0 amide bonds. The average molecular weight is 358 g/mol. The highest BCUT2D eigenvalue weighted by Crippen LogP contribution is 2.26. The van der Waals surface area contributed by atoms with Gasteiger partial charge in [-0.05, 0) is 54.3 Å². The first-order chi connectivity index (χ1) is 13.3. The molecule has 0 saturated carbocycles. The Balaban J connectivity index is 1.59. The zero-order chi connectivity index (χ0) is 18.9. The molecule has 0 saturated heterocycles. The van der Waals surface area contributed by atoms with Crippen molar-refractivity contribution < 1.29 is 14.3 Å². The predicted molar refractivity (Wildman–Crippen MR) is 108 cm³/mol. The Morgan fingerprint density at radius 1 is 0.889 bits per heavy atom. The maximum absolute atomic E-state index is 11.5. The summed E-state index contributed by atoms with van der Waals surface area (Å²) in [5.74, 6) is 1.41. The second-order valence-corrected chi connectivity index (χ2v) is 6.08. The van der Waals surface area contributed by atoms with Crippen molar-refractivity contribution in [2.24, 2.45) is 0 Å². The van der Waals surface area contributed by atoms with Crippen LogP contribution < -0.4 is 4.74 Å². The molecular weight excluding hydrogens is 336 g/mol. The molecule has 27 heavy (non-hydrogen) atoms. The molecule has 0 radical (unpaired) electrons. The lowest BCUT2D eigenvalue weighted by molar-refractivity contribution is 0.0600. The van der Waals surface area contributed by atoms with Gasteiger partial charge in [-0.15, -0.1) is 0 Å². The van der Waals surface area contributed by atoms with E-state index in [9.17, 15) is 4.79 Å². The van der Waals surface area contributed by atoms with Crippen LogP contribution in [0.25, 0.3) is 6.08 Å². The van der Waals surface area contributed by atoms with E-state index in [0.717, 1.165) is 29.9 Å². The molecule has 0 aliphatic carbocycles. The van der Waals surface area contributed by atoms with Gasteiger partial charge in [0.25, 0.3) is 0 Å². The number of hydrogen-bond acceptors (Lipinski definition) is 3. The van der Waals surface area contributed by atoms with E-state index in [1.165, 1.54) is 12.7 Å². The molecule has 3 aromatic rings. The van der Waals surface area contributed by atoms with Gasteiger partial charge in [0.15, 0.2) is 0 Å². The number of carbonyl (C=O) groups is 1. The highest BCUT2D eigenvalue weighted by atomic mass is 16.5. The van der Waals surface area contributed by atoms with E-state index in [-0.39, 0.29) is 5.97 Å². The van der Waals surface area contributed by atoms with Gasteiger partial charge in [-0.1, -0.05) is 60.7 Å². The highest BCUT2D eigenvalue weighted by molar-refractivity contribution is 5.89. The molecule has 3 heteroatoms. The van der Waals surface area contributed by atoms with Crippen molar-refractivity contribution in [1.29, 1.82) is 0 Å².